The lowest BCUT2D eigenvalue weighted by atomic mass is 10.0. The van der Waals surface area contributed by atoms with E-state index in [0.29, 0.717) is 36.9 Å². The largest absolute Gasteiger partial charge is 0.453 e. The van der Waals surface area contributed by atoms with Gasteiger partial charge in [-0.15, -0.1) is 0 Å². The summed E-state index contributed by atoms with van der Waals surface area (Å²) >= 11 is 0. The topological polar surface area (TPSA) is 206 Å². The molecule has 8 rings (SSSR count). The third-order valence-corrected chi connectivity index (χ3v) is 11.2. The van der Waals surface area contributed by atoms with Gasteiger partial charge in [0.2, 0.25) is 5.91 Å². The van der Waals surface area contributed by atoms with Crippen molar-refractivity contribution in [3.63, 3.8) is 0 Å². The number of aromatic amines is 2. The molecular formula is C45H47N9O8. The highest BCUT2D eigenvalue weighted by Gasteiger charge is 2.38. The van der Waals surface area contributed by atoms with Crippen molar-refractivity contribution >= 4 is 34.9 Å². The summed E-state index contributed by atoms with van der Waals surface area (Å²) in [5.74, 6) is 0.692. The van der Waals surface area contributed by atoms with E-state index >= 15 is 0 Å². The first-order valence-electron chi connectivity index (χ1n) is 20.3. The number of ether oxygens (including phenoxy) is 4. The quantitative estimate of drug-likeness (QED) is 0.117. The molecule has 17 nitrogen and oxygen atoms in total. The van der Waals surface area contributed by atoms with E-state index in [0.717, 1.165) is 57.5 Å². The molecule has 0 bridgehead atoms. The minimum Gasteiger partial charge on any atom is -0.453 e. The van der Waals surface area contributed by atoms with Crippen molar-refractivity contribution < 1.29 is 38.1 Å². The number of carbonyl (C=O) groups excluding carboxylic acids is 4. The Labute approximate surface area is 357 Å². The predicted octanol–water partition coefficient (Wildman–Crippen LogP) is 5.71. The van der Waals surface area contributed by atoms with Crippen molar-refractivity contribution in [1.82, 2.24) is 45.4 Å². The Morgan fingerprint density at radius 1 is 0.758 bits per heavy atom. The van der Waals surface area contributed by atoms with Gasteiger partial charge >= 0.3 is 12.2 Å². The molecule has 6 aromatic rings. The second-order valence-corrected chi connectivity index (χ2v) is 15.0. The highest BCUT2D eigenvalue weighted by Crippen LogP contribution is 2.34. The van der Waals surface area contributed by atoms with Crippen LogP contribution in [0.1, 0.15) is 48.2 Å². The minimum atomic E-state index is -0.949. The molecule has 3 aromatic carbocycles. The zero-order valence-corrected chi connectivity index (χ0v) is 34.5. The maximum Gasteiger partial charge on any atom is 0.407 e. The standard InChI is InChI=1S/C45H47N9O8/c1-59-25-36(51-44(57)60-2)42(55)53-19-7-10-37(53)40-46-24-35(50-40)31-16-18-33-30(22-31)15-17-32(48-33)27-11-13-28(14-12-27)34-23-47-41(49-34)38-26-62-21-20-54(38)43(56)39(52-45(58)61-3)29-8-5-4-6-9-29/h4-6,8-9,11-18,22-24,36-39H,7,10,19-21,25-26H2,1-3H3,(H,46,50)(H,47,49)(H,51,57)(H,52,58)/t36-,37-,38-,39-/m0/s1. The zero-order valence-electron chi connectivity index (χ0n) is 34.5. The van der Waals surface area contributed by atoms with Crippen LogP contribution in [0.2, 0.25) is 0 Å². The number of methoxy groups -OCH3 is 3. The molecule has 3 aromatic heterocycles. The summed E-state index contributed by atoms with van der Waals surface area (Å²) in [5.41, 5.74) is 6.62. The van der Waals surface area contributed by atoms with Crippen LogP contribution in [0.4, 0.5) is 9.59 Å². The van der Waals surface area contributed by atoms with E-state index in [1.807, 2.05) is 66.7 Å². The molecule has 0 unspecified atom stereocenters. The van der Waals surface area contributed by atoms with Crippen molar-refractivity contribution in [3.8, 4) is 33.8 Å². The normalized spacial score (nSPS) is 17.3. The fourth-order valence-electron chi connectivity index (χ4n) is 8.01. The Kier molecular flexibility index (Phi) is 12.5. The van der Waals surface area contributed by atoms with E-state index in [-0.39, 0.29) is 31.1 Å². The number of fused-ring (bicyclic) bond motifs is 1. The number of rotatable bonds is 12. The van der Waals surface area contributed by atoms with Gasteiger partial charge in [-0.25, -0.2) is 24.5 Å². The highest BCUT2D eigenvalue weighted by molar-refractivity contribution is 5.88. The monoisotopic (exact) mass is 841 g/mol. The summed E-state index contributed by atoms with van der Waals surface area (Å²) in [6, 6.07) is 24.5. The number of likely N-dealkylation sites (tertiary alicyclic amines) is 1. The number of imidazole rings is 2. The van der Waals surface area contributed by atoms with E-state index in [1.165, 1.54) is 21.3 Å². The number of H-pyrrole nitrogens is 2. The molecule has 2 aliphatic rings. The Hall–Kier alpha value is -7.11. The third kappa shape index (κ3) is 8.84. The van der Waals surface area contributed by atoms with Crippen LogP contribution in [0.5, 0.6) is 0 Å². The Balaban J connectivity index is 0.947. The number of carbonyl (C=O) groups is 4. The number of amides is 4. The lowest BCUT2D eigenvalue weighted by Crippen LogP contribution is -2.50. The number of morpholine rings is 1. The van der Waals surface area contributed by atoms with Crippen LogP contribution in [-0.2, 0) is 28.5 Å². The Morgan fingerprint density at radius 3 is 2.15 bits per heavy atom. The van der Waals surface area contributed by atoms with E-state index in [9.17, 15) is 19.2 Å². The van der Waals surface area contributed by atoms with Crippen LogP contribution < -0.4 is 10.6 Å². The molecule has 62 heavy (non-hydrogen) atoms. The summed E-state index contributed by atoms with van der Waals surface area (Å²) < 4.78 is 20.5. The first kappa shape index (κ1) is 41.6. The maximum absolute atomic E-state index is 14.0. The van der Waals surface area contributed by atoms with Gasteiger partial charge in [-0.2, -0.15) is 0 Å². The van der Waals surface area contributed by atoms with Gasteiger partial charge < -0.3 is 49.3 Å². The van der Waals surface area contributed by atoms with Crippen LogP contribution in [0.25, 0.3) is 44.7 Å². The van der Waals surface area contributed by atoms with Crippen LogP contribution >= 0.6 is 0 Å². The minimum absolute atomic E-state index is 0.0180. The SMILES string of the molecule is COC[C@H](NC(=O)OC)C(=O)N1CCC[C@H]1c1ncc(-c2ccc3nc(-c4ccc(-c5cnc([C@@H]6COCCN6C(=O)[C@@H](NC(=O)OC)c6ccccc6)[nH]5)cc4)ccc3c2)[nH]1. The molecule has 2 saturated heterocycles. The van der Waals surface area contributed by atoms with Gasteiger partial charge in [0.1, 0.15) is 29.8 Å². The van der Waals surface area contributed by atoms with Gasteiger partial charge in [-0.3, -0.25) is 9.59 Å². The van der Waals surface area contributed by atoms with E-state index < -0.39 is 30.3 Å². The molecule has 2 fully saturated rings. The molecule has 4 N–H and O–H groups in total. The van der Waals surface area contributed by atoms with Gasteiger partial charge in [-0.1, -0.05) is 66.7 Å². The van der Waals surface area contributed by atoms with Gasteiger partial charge in [0.05, 0.1) is 75.1 Å². The van der Waals surface area contributed by atoms with Crippen LogP contribution in [0.15, 0.2) is 97.3 Å². The average Bonchev–Trinajstić information content (AvgIpc) is 4.13. The van der Waals surface area contributed by atoms with Crippen LogP contribution in [0, 0.1) is 0 Å². The molecule has 0 spiro atoms. The van der Waals surface area contributed by atoms with Gasteiger partial charge in [0, 0.05) is 36.7 Å². The van der Waals surface area contributed by atoms with Crippen LogP contribution in [-0.4, -0.2) is 119 Å². The molecule has 2 aliphatic heterocycles. The van der Waals surface area contributed by atoms with Crippen molar-refractivity contribution in [2.75, 3.05) is 54.2 Å². The molecule has 320 valence electrons. The number of benzene rings is 3. The molecule has 4 amide bonds. The second kappa shape index (κ2) is 18.7. The second-order valence-electron chi connectivity index (χ2n) is 15.0. The van der Waals surface area contributed by atoms with Crippen LogP contribution in [0.3, 0.4) is 0 Å². The highest BCUT2D eigenvalue weighted by atomic mass is 16.5. The molecule has 5 heterocycles. The van der Waals surface area contributed by atoms with E-state index in [2.05, 4.69) is 36.6 Å². The van der Waals surface area contributed by atoms with Gasteiger partial charge in [0.25, 0.3) is 5.91 Å². The van der Waals surface area contributed by atoms with Crippen molar-refractivity contribution in [2.45, 2.75) is 37.0 Å². The Morgan fingerprint density at radius 2 is 1.42 bits per heavy atom. The fourth-order valence-corrected chi connectivity index (χ4v) is 8.01. The van der Waals surface area contributed by atoms with Crippen molar-refractivity contribution in [3.05, 3.63) is 115 Å². The molecule has 17 heteroatoms. The summed E-state index contributed by atoms with van der Waals surface area (Å²) in [7, 11) is 3.99. The predicted molar refractivity (Wildman–Crippen MR) is 227 cm³/mol. The smallest absolute Gasteiger partial charge is 0.407 e. The van der Waals surface area contributed by atoms with E-state index in [4.69, 9.17) is 23.9 Å². The third-order valence-electron chi connectivity index (χ3n) is 11.2. The summed E-state index contributed by atoms with van der Waals surface area (Å²) in [4.78, 5) is 76.2. The number of pyridine rings is 1. The van der Waals surface area contributed by atoms with E-state index in [1.54, 1.807) is 34.3 Å². The first-order chi connectivity index (χ1) is 30.2. The van der Waals surface area contributed by atoms with Crippen molar-refractivity contribution in [1.29, 1.82) is 0 Å². The molecule has 0 saturated carbocycles. The molecular weight excluding hydrogens is 795 g/mol. The number of hydrogen-bond donors (Lipinski definition) is 4. The summed E-state index contributed by atoms with van der Waals surface area (Å²) in [5, 5.41) is 6.21. The number of nitrogens with zero attached hydrogens (tertiary/aromatic N) is 5. The molecule has 0 radical (unpaired) electrons. The Bertz CT molecular complexity index is 2540. The number of alkyl carbamates (subject to hydrolysis) is 2. The van der Waals surface area contributed by atoms with Crippen molar-refractivity contribution in [2.24, 2.45) is 0 Å². The fraction of sp³-hybridized carbons (Fsp3) is 0.311. The van der Waals surface area contributed by atoms with Gasteiger partial charge in [0.15, 0.2) is 0 Å². The number of aromatic nitrogens is 5. The molecule has 4 atom stereocenters. The number of hydrogen-bond acceptors (Lipinski definition) is 11. The zero-order chi connectivity index (χ0) is 43.2. The van der Waals surface area contributed by atoms with Gasteiger partial charge in [-0.05, 0) is 42.2 Å². The summed E-state index contributed by atoms with van der Waals surface area (Å²) in [6.45, 7) is 1.47. The maximum atomic E-state index is 14.0. The average molecular weight is 842 g/mol. The summed E-state index contributed by atoms with van der Waals surface area (Å²) in [6.07, 6.45) is 3.64. The molecule has 0 aliphatic carbocycles. The lowest BCUT2D eigenvalue weighted by Gasteiger charge is -2.36. The first-order valence-corrected chi connectivity index (χ1v) is 20.3. The number of nitrogens with one attached hydrogen (secondary N) is 4. The lowest BCUT2D eigenvalue weighted by molar-refractivity contribution is -0.143.